The minimum Gasteiger partial charge on any atom is -0.339 e. The Balaban J connectivity index is 1.69. The van der Waals surface area contributed by atoms with Crippen molar-refractivity contribution in [1.82, 2.24) is 10.2 Å². The summed E-state index contributed by atoms with van der Waals surface area (Å²) >= 11 is 1.78. The van der Waals surface area contributed by atoms with Gasteiger partial charge in [0.05, 0.1) is 6.04 Å². The molecule has 19 heavy (non-hydrogen) atoms. The first-order chi connectivity index (χ1) is 9.25. The fourth-order valence-electron chi connectivity index (χ4n) is 2.84. The number of nitrogens with one attached hydrogen (secondary N) is 1. The molecule has 0 unspecified atom stereocenters. The number of nitrogens with zero attached hydrogens (tertiary/aromatic N) is 1. The minimum atomic E-state index is -0.0216. The lowest BCUT2D eigenvalue weighted by molar-refractivity contribution is -0.131. The van der Waals surface area contributed by atoms with Gasteiger partial charge in [-0.25, -0.2) is 0 Å². The summed E-state index contributed by atoms with van der Waals surface area (Å²) in [6.45, 7) is 1.41. The average Bonchev–Trinajstić information content (AvgIpc) is 3.08. The molecule has 2 fully saturated rings. The predicted octanol–water partition coefficient (Wildman–Crippen LogP) is 0.602. The smallest absolute Gasteiger partial charge is 0.240 e. The van der Waals surface area contributed by atoms with E-state index in [1.54, 1.807) is 11.8 Å². The van der Waals surface area contributed by atoms with Gasteiger partial charge in [-0.05, 0) is 5.56 Å². The van der Waals surface area contributed by atoms with E-state index >= 15 is 0 Å². The highest BCUT2D eigenvalue weighted by atomic mass is 32.2. The van der Waals surface area contributed by atoms with Crippen LogP contribution in [-0.2, 0) is 4.79 Å². The number of nitrogens with two attached hydrogens (primary N) is 1. The molecule has 0 radical (unpaired) electrons. The molecule has 0 aromatic heterocycles. The Morgan fingerprint density at radius 2 is 2.11 bits per heavy atom. The zero-order valence-electron chi connectivity index (χ0n) is 10.8. The molecular formula is C14H19N3OS. The van der Waals surface area contributed by atoms with E-state index in [1.165, 1.54) is 5.56 Å². The first-order valence-corrected chi connectivity index (χ1v) is 7.81. The lowest BCUT2D eigenvalue weighted by atomic mass is 9.95. The average molecular weight is 277 g/mol. The van der Waals surface area contributed by atoms with Crippen molar-refractivity contribution in [2.45, 2.75) is 18.0 Å². The molecule has 1 aromatic carbocycles. The summed E-state index contributed by atoms with van der Waals surface area (Å²) in [6, 6.07) is 10.3. The molecule has 2 aliphatic rings. The van der Waals surface area contributed by atoms with Gasteiger partial charge in [-0.1, -0.05) is 30.3 Å². The van der Waals surface area contributed by atoms with Crippen LogP contribution in [0.1, 0.15) is 11.5 Å². The van der Waals surface area contributed by atoms with Gasteiger partial charge < -0.3 is 10.6 Å². The highest BCUT2D eigenvalue weighted by Crippen LogP contribution is 2.27. The molecule has 2 aliphatic heterocycles. The normalized spacial score (nSPS) is 30.8. The molecule has 0 spiro atoms. The maximum absolute atomic E-state index is 12.4. The molecule has 0 aliphatic carbocycles. The van der Waals surface area contributed by atoms with E-state index in [0.29, 0.717) is 6.54 Å². The summed E-state index contributed by atoms with van der Waals surface area (Å²) < 4.78 is 0. The van der Waals surface area contributed by atoms with Crippen LogP contribution in [0.15, 0.2) is 30.3 Å². The molecule has 5 heteroatoms. The van der Waals surface area contributed by atoms with Crippen molar-refractivity contribution in [3.05, 3.63) is 35.9 Å². The SMILES string of the molecule is N[C@@H]1CN(C(=O)[C@H]2CSCN2)C[C@H]1c1ccccc1. The van der Waals surface area contributed by atoms with E-state index in [2.05, 4.69) is 17.4 Å². The van der Waals surface area contributed by atoms with Gasteiger partial charge in [0.2, 0.25) is 5.91 Å². The summed E-state index contributed by atoms with van der Waals surface area (Å²) in [5.41, 5.74) is 7.45. The first kappa shape index (κ1) is 13.0. The van der Waals surface area contributed by atoms with Crippen molar-refractivity contribution >= 4 is 17.7 Å². The van der Waals surface area contributed by atoms with Gasteiger partial charge >= 0.3 is 0 Å². The van der Waals surface area contributed by atoms with Crippen molar-refractivity contribution in [2.75, 3.05) is 24.7 Å². The second-order valence-corrected chi connectivity index (χ2v) is 6.23. The molecular weight excluding hydrogens is 258 g/mol. The van der Waals surface area contributed by atoms with Crippen LogP contribution in [0.3, 0.4) is 0 Å². The monoisotopic (exact) mass is 277 g/mol. The van der Waals surface area contributed by atoms with Gasteiger partial charge in [0, 0.05) is 36.7 Å². The van der Waals surface area contributed by atoms with E-state index in [4.69, 9.17) is 5.73 Å². The summed E-state index contributed by atoms with van der Waals surface area (Å²) in [6.07, 6.45) is 0. The number of carbonyl (C=O) groups is 1. The van der Waals surface area contributed by atoms with Crippen LogP contribution in [-0.4, -0.2) is 47.6 Å². The van der Waals surface area contributed by atoms with Gasteiger partial charge in [0.15, 0.2) is 0 Å². The molecule has 2 heterocycles. The summed E-state index contributed by atoms with van der Waals surface area (Å²) in [7, 11) is 0. The summed E-state index contributed by atoms with van der Waals surface area (Å²) in [4.78, 5) is 14.3. The van der Waals surface area contributed by atoms with E-state index in [9.17, 15) is 4.79 Å². The Kier molecular flexibility index (Phi) is 3.77. The predicted molar refractivity (Wildman–Crippen MR) is 78.0 cm³/mol. The molecule has 3 rings (SSSR count). The largest absolute Gasteiger partial charge is 0.339 e. The van der Waals surface area contributed by atoms with Gasteiger partial charge in [-0.2, -0.15) is 0 Å². The second kappa shape index (κ2) is 5.53. The molecule has 4 nitrogen and oxygen atoms in total. The van der Waals surface area contributed by atoms with E-state index < -0.39 is 0 Å². The van der Waals surface area contributed by atoms with Crippen LogP contribution >= 0.6 is 11.8 Å². The third-order valence-corrected chi connectivity index (χ3v) is 4.86. The van der Waals surface area contributed by atoms with Gasteiger partial charge in [0.1, 0.15) is 0 Å². The molecule has 1 amide bonds. The molecule has 3 N–H and O–H groups in total. The van der Waals surface area contributed by atoms with Crippen molar-refractivity contribution in [3.8, 4) is 0 Å². The van der Waals surface area contributed by atoms with Crippen molar-refractivity contribution in [1.29, 1.82) is 0 Å². The van der Waals surface area contributed by atoms with Crippen LogP contribution in [0.5, 0.6) is 0 Å². The first-order valence-electron chi connectivity index (χ1n) is 6.66. The number of likely N-dealkylation sites (tertiary alicyclic amines) is 1. The maximum Gasteiger partial charge on any atom is 0.240 e. The van der Waals surface area contributed by atoms with Gasteiger partial charge in [-0.15, -0.1) is 11.8 Å². The molecule has 2 saturated heterocycles. The maximum atomic E-state index is 12.4. The van der Waals surface area contributed by atoms with Crippen LogP contribution in [0.4, 0.5) is 0 Å². The highest BCUT2D eigenvalue weighted by Gasteiger charge is 2.37. The van der Waals surface area contributed by atoms with Crippen molar-refractivity contribution in [3.63, 3.8) is 0 Å². The number of rotatable bonds is 2. The van der Waals surface area contributed by atoms with E-state index in [1.807, 2.05) is 23.1 Å². The molecule has 1 aromatic rings. The zero-order valence-corrected chi connectivity index (χ0v) is 11.6. The van der Waals surface area contributed by atoms with E-state index in [0.717, 1.165) is 18.2 Å². The second-order valence-electron chi connectivity index (χ2n) is 5.20. The summed E-state index contributed by atoms with van der Waals surface area (Å²) in [5.74, 6) is 2.22. The van der Waals surface area contributed by atoms with Crippen LogP contribution < -0.4 is 11.1 Å². The van der Waals surface area contributed by atoms with Crippen LogP contribution in [0, 0.1) is 0 Å². The molecule has 0 saturated carbocycles. The fraction of sp³-hybridized carbons (Fsp3) is 0.500. The van der Waals surface area contributed by atoms with Crippen LogP contribution in [0.25, 0.3) is 0 Å². The lowest BCUT2D eigenvalue weighted by Gasteiger charge is -2.20. The Bertz CT molecular complexity index is 447. The Morgan fingerprint density at radius 3 is 2.79 bits per heavy atom. The van der Waals surface area contributed by atoms with Crippen molar-refractivity contribution in [2.24, 2.45) is 5.73 Å². The van der Waals surface area contributed by atoms with Gasteiger partial charge in [-0.3, -0.25) is 10.1 Å². The third kappa shape index (κ3) is 2.63. The number of benzene rings is 1. The third-order valence-electron chi connectivity index (χ3n) is 3.92. The Morgan fingerprint density at radius 1 is 1.32 bits per heavy atom. The number of carbonyl (C=O) groups excluding carboxylic acids is 1. The number of hydrogen-bond donors (Lipinski definition) is 2. The topological polar surface area (TPSA) is 58.4 Å². The Labute approximate surface area is 117 Å². The van der Waals surface area contributed by atoms with E-state index in [-0.39, 0.29) is 23.9 Å². The summed E-state index contributed by atoms with van der Waals surface area (Å²) in [5, 5.41) is 3.23. The molecule has 3 atom stereocenters. The molecule has 102 valence electrons. The van der Waals surface area contributed by atoms with Gasteiger partial charge in [0.25, 0.3) is 0 Å². The Hall–Kier alpha value is -1.04. The highest BCUT2D eigenvalue weighted by molar-refractivity contribution is 7.99. The quantitative estimate of drug-likeness (QED) is 0.831. The molecule has 0 bridgehead atoms. The standard InChI is InChI=1S/C14H19N3OS/c15-12-7-17(14(18)13-8-19-9-16-13)6-11(12)10-4-2-1-3-5-10/h1-5,11-13,16H,6-9,15H2/t11-,12+,13+/m0/s1. The number of amides is 1. The van der Waals surface area contributed by atoms with Crippen LogP contribution in [0.2, 0.25) is 0 Å². The number of hydrogen-bond acceptors (Lipinski definition) is 4. The fourth-order valence-corrected chi connectivity index (χ4v) is 3.77. The minimum absolute atomic E-state index is 0.0216. The number of thioether (sulfide) groups is 1. The zero-order chi connectivity index (χ0) is 13.2. The lowest BCUT2D eigenvalue weighted by Crippen LogP contribution is -2.44. The van der Waals surface area contributed by atoms with Crippen molar-refractivity contribution < 1.29 is 4.79 Å².